The van der Waals surface area contributed by atoms with E-state index in [9.17, 15) is 13.0 Å². The van der Waals surface area contributed by atoms with Crippen LogP contribution < -0.4 is 10.4 Å². The number of hydrogen-bond acceptors (Lipinski definition) is 2. The molecule has 0 unspecified atom stereocenters. The van der Waals surface area contributed by atoms with Crippen molar-refractivity contribution in [3.8, 4) is 0 Å². The van der Waals surface area contributed by atoms with Gasteiger partial charge in [-0.25, -0.2) is 0 Å². The van der Waals surface area contributed by atoms with Crippen molar-refractivity contribution >= 4 is 20.6 Å². The fraction of sp³-hybridized carbons (Fsp3) is 0.0769. The Morgan fingerprint density at radius 3 is 2.53 bits per heavy atom. The number of fused-ring (bicyclic) bond motifs is 2. The first-order valence-electron chi connectivity index (χ1n) is 5.25. The molecule has 0 atom stereocenters. The molecule has 4 heteroatoms. The van der Waals surface area contributed by atoms with Gasteiger partial charge in [-0.1, -0.05) is 42.5 Å². The van der Waals surface area contributed by atoms with Gasteiger partial charge in [0, 0.05) is 6.42 Å². The third-order valence-electron chi connectivity index (χ3n) is 3.09. The Bertz CT molecular complexity index is 780. The van der Waals surface area contributed by atoms with Crippen LogP contribution in [-0.4, -0.2) is 13.0 Å². The fourth-order valence-electron chi connectivity index (χ4n) is 2.33. The summed E-state index contributed by atoms with van der Waals surface area (Å²) in [6.45, 7) is 0. The van der Waals surface area contributed by atoms with Gasteiger partial charge in [0.15, 0.2) is 0 Å². The van der Waals surface area contributed by atoms with Crippen molar-refractivity contribution in [3.05, 3.63) is 58.5 Å². The Morgan fingerprint density at radius 1 is 1.12 bits per heavy atom. The van der Waals surface area contributed by atoms with E-state index in [-0.39, 0.29) is 11.3 Å². The molecule has 3 nitrogen and oxygen atoms in total. The highest BCUT2D eigenvalue weighted by Crippen LogP contribution is 2.28. The summed E-state index contributed by atoms with van der Waals surface area (Å²) in [4.78, 5) is 0.0896. The molecular weight excluding hydrogens is 236 g/mol. The number of allylic oxidation sites excluding steroid dienone is 4. The van der Waals surface area contributed by atoms with Crippen molar-refractivity contribution < 1.29 is 13.0 Å². The minimum absolute atomic E-state index is 0.0896. The molecule has 2 aliphatic carbocycles. The van der Waals surface area contributed by atoms with Crippen LogP contribution in [0.25, 0.3) is 10.5 Å². The van der Waals surface area contributed by atoms with Crippen LogP contribution in [-0.2, 0) is 10.1 Å². The molecular formula is C13H10O3S. The number of hydrogen-bond donors (Lipinski definition) is 1. The molecule has 86 valence electrons. The Morgan fingerprint density at radius 2 is 1.82 bits per heavy atom. The Hall–Kier alpha value is -1.65. The van der Waals surface area contributed by atoms with Crippen molar-refractivity contribution in [2.45, 2.75) is 6.42 Å². The average molecular weight is 246 g/mol. The lowest BCUT2D eigenvalue weighted by Gasteiger charge is -2.14. The second kappa shape index (κ2) is 3.42. The van der Waals surface area contributed by atoms with Crippen molar-refractivity contribution in [3.63, 3.8) is 0 Å². The third-order valence-corrected chi connectivity index (χ3v) is 4.07. The van der Waals surface area contributed by atoms with E-state index >= 15 is 0 Å². The van der Waals surface area contributed by atoms with Gasteiger partial charge in [-0.3, -0.25) is 4.55 Å². The Labute approximate surface area is 98.8 Å². The van der Waals surface area contributed by atoms with E-state index < -0.39 is 10.1 Å². The van der Waals surface area contributed by atoms with Crippen LogP contribution in [0.2, 0.25) is 0 Å². The van der Waals surface area contributed by atoms with Gasteiger partial charge in [0.25, 0.3) is 10.1 Å². The van der Waals surface area contributed by atoms with Crippen LogP contribution in [0.15, 0.2) is 48.1 Å². The van der Waals surface area contributed by atoms with Gasteiger partial charge in [0.05, 0.1) is 4.91 Å². The standard InChI is InChI=1S/C13H10O3S/c14-17(15,16)13-8-9-4-3-7-10(9)11-5-1-2-6-12(11)13/h1-7H,8H2,(H,14,15,16). The van der Waals surface area contributed by atoms with Crippen LogP contribution >= 0.6 is 0 Å². The normalized spacial score (nSPS) is 17.8. The largest absolute Gasteiger partial charge is 0.291 e. The second-order valence-corrected chi connectivity index (χ2v) is 5.53. The van der Waals surface area contributed by atoms with Crippen LogP contribution in [0, 0.1) is 0 Å². The number of benzene rings is 1. The van der Waals surface area contributed by atoms with Gasteiger partial charge in [-0.2, -0.15) is 8.42 Å². The zero-order chi connectivity index (χ0) is 12.0. The maximum atomic E-state index is 11.4. The SMILES string of the molecule is O=S(=O)(O)C1=c2ccccc2=C2C=CC=C2C1. The lowest BCUT2D eigenvalue weighted by Crippen LogP contribution is -2.34. The molecule has 0 bridgehead atoms. The smallest absolute Gasteiger partial charge is 0.282 e. The quantitative estimate of drug-likeness (QED) is 0.743. The van der Waals surface area contributed by atoms with Crippen LogP contribution in [0.3, 0.4) is 0 Å². The first-order valence-corrected chi connectivity index (χ1v) is 6.69. The highest BCUT2D eigenvalue weighted by atomic mass is 32.2. The maximum absolute atomic E-state index is 11.4. The Balaban J connectivity index is 2.56. The minimum atomic E-state index is -4.14. The first kappa shape index (κ1) is 10.5. The molecule has 3 rings (SSSR count). The lowest BCUT2D eigenvalue weighted by atomic mass is 9.97. The predicted molar refractivity (Wildman–Crippen MR) is 65.9 cm³/mol. The average Bonchev–Trinajstić information content (AvgIpc) is 2.74. The van der Waals surface area contributed by atoms with Crippen molar-refractivity contribution in [1.29, 1.82) is 0 Å². The summed E-state index contributed by atoms with van der Waals surface area (Å²) in [6.07, 6.45) is 6.01. The van der Waals surface area contributed by atoms with E-state index in [1.807, 2.05) is 30.4 Å². The molecule has 0 radical (unpaired) electrons. The van der Waals surface area contributed by atoms with Crippen LogP contribution in [0.4, 0.5) is 0 Å². The van der Waals surface area contributed by atoms with Crippen molar-refractivity contribution in [2.24, 2.45) is 0 Å². The summed E-state index contributed by atoms with van der Waals surface area (Å²) in [7, 11) is -4.14. The first-order chi connectivity index (χ1) is 8.07. The van der Waals surface area contributed by atoms with Crippen molar-refractivity contribution in [2.75, 3.05) is 0 Å². The van der Waals surface area contributed by atoms with Gasteiger partial charge >= 0.3 is 0 Å². The van der Waals surface area contributed by atoms with E-state index in [1.54, 1.807) is 12.1 Å². The monoisotopic (exact) mass is 246 g/mol. The zero-order valence-corrected chi connectivity index (χ0v) is 9.74. The predicted octanol–water partition coefficient (Wildman–Crippen LogP) is 0.733. The van der Waals surface area contributed by atoms with Crippen molar-refractivity contribution in [1.82, 2.24) is 0 Å². The second-order valence-electron chi connectivity index (χ2n) is 4.09. The van der Waals surface area contributed by atoms with Gasteiger partial charge < -0.3 is 0 Å². The van der Waals surface area contributed by atoms with E-state index in [1.165, 1.54) is 0 Å². The van der Waals surface area contributed by atoms with Crippen LogP contribution in [0.5, 0.6) is 0 Å². The highest BCUT2D eigenvalue weighted by Gasteiger charge is 2.23. The van der Waals surface area contributed by atoms with Crippen LogP contribution in [0.1, 0.15) is 6.42 Å². The molecule has 0 aliphatic heterocycles. The molecule has 0 heterocycles. The molecule has 0 fully saturated rings. The minimum Gasteiger partial charge on any atom is -0.282 e. The van der Waals surface area contributed by atoms with Gasteiger partial charge in [0.2, 0.25) is 0 Å². The summed E-state index contributed by atoms with van der Waals surface area (Å²) in [5.41, 5.74) is 1.99. The Kier molecular flexibility index (Phi) is 2.11. The van der Waals surface area contributed by atoms with E-state index in [4.69, 9.17) is 0 Å². The molecule has 0 saturated carbocycles. The fourth-order valence-corrected chi connectivity index (χ4v) is 3.13. The molecule has 0 spiro atoms. The van der Waals surface area contributed by atoms with E-state index in [0.717, 1.165) is 16.4 Å². The van der Waals surface area contributed by atoms with E-state index in [2.05, 4.69) is 0 Å². The summed E-state index contributed by atoms with van der Waals surface area (Å²) in [5.74, 6) is 0. The molecule has 0 amide bonds. The summed E-state index contributed by atoms with van der Waals surface area (Å²) < 4.78 is 32.1. The third kappa shape index (κ3) is 1.57. The lowest BCUT2D eigenvalue weighted by molar-refractivity contribution is 0.495. The topological polar surface area (TPSA) is 54.4 Å². The summed E-state index contributed by atoms with van der Waals surface area (Å²) in [5, 5.41) is 1.47. The maximum Gasteiger partial charge on any atom is 0.291 e. The molecule has 0 saturated heterocycles. The molecule has 1 aromatic rings. The molecule has 17 heavy (non-hydrogen) atoms. The van der Waals surface area contributed by atoms with Gasteiger partial charge in [0.1, 0.15) is 0 Å². The molecule has 2 aliphatic rings. The molecule has 1 N–H and O–H groups in total. The summed E-state index contributed by atoms with van der Waals surface area (Å²) in [6, 6.07) is 7.24. The van der Waals surface area contributed by atoms with Gasteiger partial charge in [-0.05, 0) is 21.6 Å². The van der Waals surface area contributed by atoms with Gasteiger partial charge in [-0.15, -0.1) is 0 Å². The molecule has 0 aromatic heterocycles. The van der Waals surface area contributed by atoms with E-state index in [0.29, 0.717) is 5.22 Å². The summed E-state index contributed by atoms with van der Waals surface area (Å²) >= 11 is 0. The zero-order valence-electron chi connectivity index (χ0n) is 8.92. The molecule has 1 aromatic carbocycles. The highest BCUT2D eigenvalue weighted by molar-refractivity contribution is 7.95. The number of rotatable bonds is 1.